The number of hydrogen-bond acceptors (Lipinski definition) is 6. The molecule has 0 aromatic carbocycles. The van der Waals surface area contributed by atoms with Gasteiger partial charge in [0.05, 0.1) is 20.8 Å². The average molecular weight is 345 g/mol. The van der Waals surface area contributed by atoms with Crippen LogP contribution in [0.3, 0.4) is 0 Å². The number of ether oxygens (including phenoxy) is 2. The molecule has 2 aromatic heterocycles. The topological polar surface area (TPSA) is 77.7 Å². The highest BCUT2D eigenvalue weighted by atomic mass is 16.5. The molecule has 7 heteroatoms. The van der Waals surface area contributed by atoms with Gasteiger partial charge >= 0.3 is 0 Å². The van der Waals surface area contributed by atoms with Gasteiger partial charge in [0.1, 0.15) is 17.0 Å². The second-order valence-corrected chi connectivity index (χ2v) is 7.03. The Hall–Kier alpha value is -2.57. The van der Waals surface area contributed by atoms with Crippen molar-refractivity contribution < 1.29 is 18.7 Å². The molecule has 1 aliphatic rings. The minimum atomic E-state index is -0.157. The fourth-order valence-corrected chi connectivity index (χ4v) is 2.72. The van der Waals surface area contributed by atoms with Crippen LogP contribution in [0.4, 0.5) is 0 Å². The summed E-state index contributed by atoms with van der Waals surface area (Å²) in [4.78, 5) is 23.4. The van der Waals surface area contributed by atoms with Crippen LogP contribution in [0.1, 0.15) is 48.5 Å². The van der Waals surface area contributed by atoms with Crippen LogP contribution in [-0.2, 0) is 18.4 Å². The van der Waals surface area contributed by atoms with Crippen molar-refractivity contribution in [3.8, 4) is 11.8 Å². The zero-order valence-electron chi connectivity index (χ0n) is 15.3. The molecule has 134 valence electrons. The molecule has 1 amide bonds. The number of carbonyl (C=O) groups excluding carboxylic acids is 1. The average Bonchev–Trinajstić information content (AvgIpc) is 3.04. The monoisotopic (exact) mass is 345 g/mol. The number of carbonyl (C=O) groups is 1. The number of rotatable bonds is 3. The van der Waals surface area contributed by atoms with Crippen LogP contribution in [0, 0.1) is 0 Å². The molecule has 0 aliphatic carbocycles. The van der Waals surface area contributed by atoms with Crippen molar-refractivity contribution in [2.24, 2.45) is 0 Å². The molecule has 0 unspecified atom stereocenters. The van der Waals surface area contributed by atoms with Crippen molar-refractivity contribution in [2.45, 2.75) is 39.2 Å². The highest BCUT2D eigenvalue weighted by Crippen LogP contribution is 2.29. The van der Waals surface area contributed by atoms with Crippen molar-refractivity contribution >= 4 is 5.91 Å². The molecule has 0 saturated heterocycles. The quantitative estimate of drug-likeness (QED) is 0.851. The van der Waals surface area contributed by atoms with Crippen LogP contribution in [0.25, 0.3) is 0 Å². The summed E-state index contributed by atoms with van der Waals surface area (Å²) < 4.78 is 16.2. The Kier molecular flexibility index (Phi) is 4.41. The predicted octanol–water partition coefficient (Wildman–Crippen LogP) is 2.58. The third-order valence-corrected chi connectivity index (χ3v) is 4.12. The molecule has 2 aromatic rings. The van der Waals surface area contributed by atoms with Crippen LogP contribution in [0.2, 0.25) is 0 Å². The second kappa shape index (κ2) is 6.38. The van der Waals surface area contributed by atoms with Gasteiger partial charge in [0.15, 0.2) is 5.89 Å². The molecule has 0 atom stereocenters. The van der Waals surface area contributed by atoms with Crippen molar-refractivity contribution in [3.05, 3.63) is 35.0 Å². The van der Waals surface area contributed by atoms with Crippen LogP contribution in [-0.4, -0.2) is 41.5 Å². The van der Waals surface area contributed by atoms with Crippen molar-refractivity contribution in [1.29, 1.82) is 0 Å². The lowest BCUT2D eigenvalue weighted by Gasteiger charge is -2.25. The zero-order valence-corrected chi connectivity index (χ0v) is 15.3. The first-order valence-electron chi connectivity index (χ1n) is 8.21. The van der Waals surface area contributed by atoms with E-state index in [1.54, 1.807) is 17.0 Å². The van der Waals surface area contributed by atoms with Gasteiger partial charge in [-0.3, -0.25) is 4.79 Å². The fraction of sp³-hybridized carbons (Fsp3) is 0.500. The summed E-state index contributed by atoms with van der Waals surface area (Å²) in [6.07, 6.45) is 0.649. The summed E-state index contributed by atoms with van der Waals surface area (Å²) in [5.74, 6) is 2.09. The number of fused-ring (bicyclic) bond motifs is 1. The molecule has 3 rings (SSSR count). The molecule has 0 radical (unpaired) electrons. The van der Waals surface area contributed by atoms with Crippen LogP contribution >= 0.6 is 0 Å². The van der Waals surface area contributed by atoms with E-state index in [2.05, 4.69) is 30.7 Å². The number of nitrogens with zero attached hydrogens (tertiary/aromatic N) is 3. The smallest absolute Gasteiger partial charge is 0.259 e. The number of methoxy groups -OCH3 is 2. The Balaban J connectivity index is 1.84. The predicted molar refractivity (Wildman–Crippen MR) is 91.0 cm³/mol. The number of oxazole rings is 1. The van der Waals surface area contributed by atoms with Gasteiger partial charge in [0.2, 0.25) is 11.8 Å². The van der Waals surface area contributed by atoms with E-state index in [-0.39, 0.29) is 17.2 Å². The number of amides is 1. The van der Waals surface area contributed by atoms with Crippen molar-refractivity contribution in [3.63, 3.8) is 0 Å². The maximum Gasteiger partial charge on any atom is 0.259 e. The van der Waals surface area contributed by atoms with E-state index in [1.807, 2.05) is 0 Å². The lowest BCUT2D eigenvalue weighted by molar-refractivity contribution is 0.0723. The van der Waals surface area contributed by atoms with Gasteiger partial charge in [-0.2, -0.15) is 4.98 Å². The number of hydrogen-bond donors (Lipinski definition) is 0. The summed E-state index contributed by atoms with van der Waals surface area (Å²) in [6, 6.07) is 3.32. The standard InChI is InChI=1S/C18H23N3O4/c1-18(2,3)17-19-12-10-21(9-8-13(12)25-17)16(22)11-6-7-14(23-4)20-15(11)24-5/h6-7H,8-10H2,1-5H3. The number of aromatic nitrogens is 2. The molecule has 0 saturated carbocycles. The van der Waals surface area contributed by atoms with Gasteiger partial charge in [-0.25, -0.2) is 4.98 Å². The van der Waals surface area contributed by atoms with Crippen LogP contribution in [0.5, 0.6) is 11.8 Å². The van der Waals surface area contributed by atoms with Crippen LogP contribution in [0.15, 0.2) is 16.5 Å². The Morgan fingerprint density at radius 3 is 2.60 bits per heavy atom. The van der Waals surface area contributed by atoms with Gasteiger partial charge < -0.3 is 18.8 Å². The van der Waals surface area contributed by atoms with Gasteiger partial charge in [0, 0.05) is 24.4 Å². The minimum absolute atomic E-state index is 0.141. The first-order chi connectivity index (χ1) is 11.8. The minimum Gasteiger partial charge on any atom is -0.481 e. The van der Waals surface area contributed by atoms with Crippen molar-refractivity contribution in [1.82, 2.24) is 14.9 Å². The molecule has 7 nitrogen and oxygen atoms in total. The van der Waals surface area contributed by atoms with Crippen molar-refractivity contribution in [2.75, 3.05) is 20.8 Å². The maximum absolute atomic E-state index is 12.9. The third-order valence-electron chi connectivity index (χ3n) is 4.12. The first-order valence-corrected chi connectivity index (χ1v) is 8.21. The van der Waals surface area contributed by atoms with Gasteiger partial charge in [-0.1, -0.05) is 20.8 Å². The van der Waals surface area contributed by atoms with Crippen LogP contribution < -0.4 is 9.47 Å². The van der Waals surface area contributed by atoms with Gasteiger partial charge in [-0.05, 0) is 6.07 Å². The van der Waals surface area contributed by atoms with E-state index in [4.69, 9.17) is 13.9 Å². The summed E-state index contributed by atoms with van der Waals surface area (Å²) in [7, 11) is 3.01. The molecule has 3 heterocycles. The van der Waals surface area contributed by atoms with E-state index in [0.29, 0.717) is 36.8 Å². The summed E-state index contributed by atoms with van der Waals surface area (Å²) in [6.45, 7) is 7.16. The Bertz CT molecular complexity index is 792. The molecule has 0 N–H and O–H groups in total. The molecule has 0 spiro atoms. The van der Waals surface area contributed by atoms with E-state index >= 15 is 0 Å². The van der Waals surface area contributed by atoms with Gasteiger partial charge in [0.25, 0.3) is 5.91 Å². The lowest BCUT2D eigenvalue weighted by Crippen LogP contribution is -2.36. The molecule has 1 aliphatic heterocycles. The zero-order chi connectivity index (χ0) is 18.2. The Morgan fingerprint density at radius 2 is 1.96 bits per heavy atom. The highest BCUT2D eigenvalue weighted by Gasteiger charge is 2.30. The SMILES string of the molecule is COc1ccc(C(=O)N2CCc3oc(C(C)(C)C)nc3C2)c(OC)n1. The summed E-state index contributed by atoms with van der Waals surface area (Å²) in [5, 5.41) is 0. The van der Waals surface area contributed by atoms with Gasteiger partial charge in [-0.15, -0.1) is 0 Å². The normalized spacial score (nSPS) is 14.2. The van der Waals surface area contributed by atoms with E-state index in [1.165, 1.54) is 14.2 Å². The number of pyridine rings is 1. The Morgan fingerprint density at radius 1 is 1.20 bits per heavy atom. The highest BCUT2D eigenvalue weighted by molar-refractivity contribution is 5.96. The lowest BCUT2D eigenvalue weighted by atomic mass is 9.97. The van der Waals surface area contributed by atoms with E-state index < -0.39 is 0 Å². The summed E-state index contributed by atoms with van der Waals surface area (Å²) >= 11 is 0. The Labute approximate surface area is 147 Å². The second-order valence-electron chi connectivity index (χ2n) is 7.03. The molecular weight excluding hydrogens is 322 g/mol. The third kappa shape index (κ3) is 3.31. The largest absolute Gasteiger partial charge is 0.481 e. The fourth-order valence-electron chi connectivity index (χ4n) is 2.72. The van der Waals surface area contributed by atoms with E-state index in [0.717, 1.165) is 11.5 Å². The molecule has 0 bridgehead atoms. The maximum atomic E-state index is 12.9. The summed E-state index contributed by atoms with van der Waals surface area (Å²) in [5.41, 5.74) is 1.08. The molecule has 25 heavy (non-hydrogen) atoms. The molecular formula is C18H23N3O4. The first kappa shape index (κ1) is 17.3. The van der Waals surface area contributed by atoms with E-state index in [9.17, 15) is 4.79 Å². The molecule has 0 fully saturated rings.